The molecule has 3 nitrogen and oxygen atoms in total. The molecule has 2 aromatic heterocycles. The lowest BCUT2D eigenvalue weighted by Gasteiger charge is -2.26. The SMILES string of the molecule is c1ccc(-c2cccc3cccc(-c4ccc(N(c5ccc(-c6ccccc6-n6c7ccccc7c7ccccc76)cc5)c5cccc6c5oc5ccccc56)cc4)c23)cc1. The van der Waals surface area contributed by atoms with Gasteiger partial charge in [0.05, 0.1) is 22.4 Å². The van der Waals surface area contributed by atoms with E-state index in [9.17, 15) is 0 Å². The highest BCUT2D eigenvalue weighted by molar-refractivity contribution is 6.12. The standard InChI is InChI=1S/C58H38N2O/c1-2-15-39(16-3-1)46-23-12-17-42-18-13-24-47(57(42)46)41-33-37-44(38-34-41)59(55-29-14-25-51-50-22-7-11-30-56(50)61-58(51)55)43-35-31-40(32-36-43)45-19-4-8-26-52(45)60-53-27-9-5-20-48(53)49-21-6-10-28-54(49)60/h1-38H. The summed E-state index contributed by atoms with van der Waals surface area (Å²) in [4.78, 5) is 2.33. The molecule has 0 saturated heterocycles. The highest BCUT2D eigenvalue weighted by Crippen LogP contribution is 2.44. The summed E-state index contributed by atoms with van der Waals surface area (Å²) in [5.74, 6) is 0. The van der Waals surface area contributed by atoms with Crippen molar-refractivity contribution in [3.63, 3.8) is 0 Å². The van der Waals surface area contributed by atoms with Gasteiger partial charge in [-0.05, 0) is 93.2 Å². The summed E-state index contributed by atoms with van der Waals surface area (Å²) in [5.41, 5.74) is 15.5. The lowest BCUT2D eigenvalue weighted by Crippen LogP contribution is -2.10. The zero-order chi connectivity index (χ0) is 40.3. The van der Waals surface area contributed by atoms with Crippen molar-refractivity contribution in [2.45, 2.75) is 0 Å². The molecule has 0 atom stereocenters. The van der Waals surface area contributed by atoms with E-state index in [1.54, 1.807) is 0 Å². The van der Waals surface area contributed by atoms with Gasteiger partial charge in [-0.2, -0.15) is 0 Å². The Kier molecular flexibility index (Phi) is 8.17. The minimum atomic E-state index is 0.857. The maximum Gasteiger partial charge on any atom is 0.159 e. The van der Waals surface area contributed by atoms with Gasteiger partial charge in [-0.3, -0.25) is 0 Å². The molecule has 0 aliphatic heterocycles. The zero-order valence-corrected chi connectivity index (χ0v) is 33.2. The number of anilines is 3. The molecule has 2 heterocycles. The zero-order valence-electron chi connectivity index (χ0n) is 33.2. The molecule has 0 aliphatic rings. The number of fused-ring (bicyclic) bond motifs is 7. The summed E-state index contributed by atoms with van der Waals surface area (Å²) in [6, 6.07) is 82.8. The molecule has 0 N–H and O–H groups in total. The van der Waals surface area contributed by atoms with E-state index in [-0.39, 0.29) is 0 Å². The van der Waals surface area contributed by atoms with Crippen LogP contribution in [0.3, 0.4) is 0 Å². The normalized spacial score (nSPS) is 11.6. The average molecular weight is 779 g/mol. The van der Waals surface area contributed by atoms with E-state index in [1.807, 2.05) is 6.07 Å². The van der Waals surface area contributed by atoms with Crippen LogP contribution >= 0.6 is 0 Å². The number of aromatic nitrogens is 1. The van der Waals surface area contributed by atoms with E-state index in [2.05, 4.69) is 234 Å². The van der Waals surface area contributed by atoms with Crippen LogP contribution in [0.2, 0.25) is 0 Å². The Hall–Kier alpha value is -8.14. The summed E-state index contributed by atoms with van der Waals surface area (Å²) >= 11 is 0. The second kappa shape index (κ2) is 14.3. The second-order valence-corrected chi connectivity index (χ2v) is 15.6. The van der Waals surface area contributed by atoms with E-state index in [4.69, 9.17) is 4.42 Å². The van der Waals surface area contributed by atoms with Crippen LogP contribution in [0.1, 0.15) is 0 Å². The van der Waals surface area contributed by atoms with E-state index in [0.717, 1.165) is 55.8 Å². The summed E-state index contributed by atoms with van der Waals surface area (Å²) in [6.45, 7) is 0. The Labute approximate surface area is 353 Å². The predicted molar refractivity (Wildman–Crippen MR) is 257 cm³/mol. The molecule has 0 spiro atoms. The molecule has 0 fully saturated rings. The van der Waals surface area contributed by atoms with Crippen molar-refractivity contribution in [3.05, 3.63) is 231 Å². The van der Waals surface area contributed by atoms with Gasteiger partial charge >= 0.3 is 0 Å². The fourth-order valence-corrected chi connectivity index (χ4v) is 9.45. The molecule has 0 aliphatic carbocycles. The van der Waals surface area contributed by atoms with Crippen LogP contribution in [0, 0.1) is 0 Å². The molecule has 12 rings (SSSR count). The molecule has 286 valence electrons. The fourth-order valence-electron chi connectivity index (χ4n) is 9.45. The van der Waals surface area contributed by atoms with Gasteiger partial charge in [0.1, 0.15) is 5.58 Å². The Morgan fingerprint density at radius 1 is 0.344 bits per heavy atom. The molecule has 0 saturated carbocycles. The maximum atomic E-state index is 6.68. The first-order valence-electron chi connectivity index (χ1n) is 20.8. The number of benzene rings is 10. The third-order valence-electron chi connectivity index (χ3n) is 12.2. The molecule has 3 heteroatoms. The van der Waals surface area contributed by atoms with Gasteiger partial charge in [0.25, 0.3) is 0 Å². The molecule has 0 amide bonds. The van der Waals surface area contributed by atoms with Crippen LogP contribution in [-0.2, 0) is 0 Å². The van der Waals surface area contributed by atoms with Crippen molar-refractivity contribution in [1.29, 1.82) is 0 Å². The topological polar surface area (TPSA) is 21.3 Å². The monoisotopic (exact) mass is 778 g/mol. The second-order valence-electron chi connectivity index (χ2n) is 15.6. The number of hydrogen-bond donors (Lipinski definition) is 0. The molecule has 0 unspecified atom stereocenters. The van der Waals surface area contributed by atoms with E-state index in [1.165, 1.54) is 54.8 Å². The van der Waals surface area contributed by atoms with E-state index < -0.39 is 0 Å². The Morgan fingerprint density at radius 2 is 0.836 bits per heavy atom. The third-order valence-corrected chi connectivity index (χ3v) is 12.2. The third kappa shape index (κ3) is 5.74. The molecule has 12 aromatic rings. The summed E-state index contributed by atoms with van der Waals surface area (Å²) in [5, 5.41) is 7.18. The van der Waals surface area contributed by atoms with E-state index in [0.29, 0.717) is 0 Å². The first-order chi connectivity index (χ1) is 30.3. The van der Waals surface area contributed by atoms with Gasteiger partial charge in [-0.15, -0.1) is 0 Å². The predicted octanol–water partition coefficient (Wildman–Crippen LogP) is 16.3. The van der Waals surface area contributed by atoms with Gasteiger partial charge < -0.3 is 13.9 Å². The van der Waals surface area contributed by atoms with Gasteiger partial charge in [0, 0.05) is 38.5 Å². The number of nitrogens with zero attached hydrogens (tertiary/aromatic N) is 2. The lowest BCUT2D eigenvalue weighted by atomic mass is 9.91. The highest BCUT2D eigenvalue weighted by Gasteiger charge is 2.21. The van der Waals surface area contributed by atoms with Gasteiger partial charge in [-0.25, -0.2) is 0 Å². The molecule has 0 bridgehead atoms. The maximum absolute atomic E-state index is 6.68. The van der Waals surface area contributed by atoms with Crippen molar-refractivity contribution in [2.75, 3.05) is 4.90 Å². The highest BCUT2D eigenvalue weighted by atomic mass is 16.3. The Bertz CT molecular complexity index is 3520. The fraction of sp³-hybridized carbons (Fsp3) is 0. The van der Waals surface area contributed by atoms with Crippen LogP contribution in [0.4, 0.5) is 17.1 Å². The first kappa shape index (κ1) is 34.9. The van der Waals surface area contributed by atoms with E-state index >= 15 is 0 Å². The minimum absolute atomic E-state index is 0.857. The summed E-state index contributed by atoms with van der Waals surface area (Å²) in [6.07, 6.45) is 0. The van der Waals surface area contributed by atoms with Gasteiger partial charge in [-0.1, -0.05) is 176 Å². The Balaban J connectivity index is 1.000. The van der Waals surface area contributed by atoms with Crippen molar-refractivity contribution in [2.24, 2.45) is 0 Å². The minimum Gasteiger partial charge on any atom is -0.454 e. The van der Waals surface area contributed by atoms with Crippen molar-refractivity contribution in [1.82, 2.24) is 4.57 Å². The number of furan rings is 1. The molecular weight excluding hydrogens is 741 g/mol. The number of rotatable bonds is 7. The first-order valence-corrected chi connectivity index (χ1v) is 20.8. The van der Waals surface area contributed by atoms with Crippen LogP contribution in [0.15, 0.2) is 235 Å². The summed E-state index contributed by atoms with van der Waals surface area (Å²) < 4.78 is 9.09. The molecule has 0 radical (unpaired) electrons. The largest absolute Gasteiger partial charge is 0.454 e. The van der Waals surface area contributed by atoms with Crippen molar-refractivity contribution < 1.29 is 4.42 Å². The van der Waals surface area contributed by atoms with Crippen LogP contribution < -0.4 is 4.90 Å². The van der Waals surface area contributed by atoms with Crippen molar-refractivity contribution >= 4 is 71.6 Å². The number of para-hydroxylation sites is 5. The van der Waals surface area contributed by atoms with Gasteiger partial charge in [0.15, 0.2) is 5.58 Å². The number of hydrogen-bond acceptors (Lipinski definition) is 2. The quantitative estimate of drug-likeness (QED) is 0.161. The van der Waals surface area contributed by atoms with Crippen LogP contribution in [0.25, 0.3) is 93.6 Å². The van der Waals surface area contributed by atoms with Gasteiger partial charge in [0.2, 0.25) is 0 Å². The lowest BCUT2D eigenvalue weighted by molar-refractivity contribution is 0.669. The van der Waals surface area contributed by atoms with Crippen LogP contribution in [-0.4, -0.2) is 4.57 Å². The Morgan fingerprint density at radius 3 is 1.51 bits per heavy atom. The van der Waals surface area contributed by atoms with Crippen LogP contribution in [0.5, 0.6) is 0 Å². The molecule has 10 aromatic carbocycles. The molecule has 61 heavy (non-hydrogen) atoms. The summed E-state index contributed by atoms with van der Waals surface area (Å²) in [7, 11) is 0. The van der Waals surface area contributed by atoms with Crippen molar-refractivity contribution in [3.8, 4) is 39.1 Å². The molecular formula is C58H38N2O. The smallest absolute Gasteiger partial charge is 0.159 e. The average Bonchev–Trinajstić information content (AvgIpc) is 3.89.